The van der Waals surface area contributed by atoms with E-state index >= 15 is 0 Å². The Hall–Kier alpha value is -1.36. The Bertz CT molecular complexity index is 396. The number of carbonyl (C=O) groups is 1. The molecule has 94 valence electrons. The summed E-state index contributed by atoms with van der Waals surface area (Å²) in [5.41, 5.74) is 5.99. The maximum absolute atomic E-state index is 11.9. The van der Waals surface area contributed by atoms with Gasteiger partial charge in [0, 0.05) is 11.8 Å². The van der Waals surface area contributed by atoms with Crippen LogP contribution in [-0.2, 0) is 0 Å². The van der Waals surface area contributed by atoms with Crippen LogP contribution in [-0.4, -0.2) is 29.1 Å². The normalized spacial score (nSPS) is 12.1. The number of carbonyl (C=O) groups excluding carboxylic acids is 1. The molecule has 0 bridgehead atoms. The van der Waals surface area contributed by atoms with Crippen molar-refractivity contribution in [2.45, 2.75) is 19.4 Å². The van der Waals surface area contributed by atoms with Gasteiger partial charge in [-0.2, -0.15) is 11.8 Å². The van der Waals surface area contributed by atoms with E-state index in [0.717, 1.165) is 12.2 Å². The van der Waals surface area contributed by atoms with Crippen molar-refractivity contribution in [3.05, 3.63) is 23.8 Å². The van der Waals surface area contributed by atoms with E-state index in [2.05, 4.69) is 5.32 Å². The van der Waals surface area contributed by atoms with Crippen molar-refractivity contribution in [1.82, 2.24) is 5.32 Å². The van der Waals surface area contributed by atoms with Crippen molar-refractivity contribution < 1.29 is 9.90 Å². The minimum atomic E-state index is -0.282. The van der Waals surface area contributed by atoms with Crippen molar-refractivity contribution >= 4 is 23.4 Å². The third-order valence-electron chi connectivity index (χ3n) is 2.51. The van der Waals surface area contributed by atoms with Gasteiger partial charge in [0.15, 0.2) is 5.75 Å². The summed E-state index contributed by atoms with van der Waals surface area (Å²) in [6.07, 6.45) is 2.85. The van der Waals surface area contributed by atoms with Crippen molar-refractivity contribution in [3.8, 4) is 5.75 Å². The van der Waals surface area contributed by atoms with Crippen LogP contribution in [0.1, 0.15) is 23.7 Å². The van der Waals surface area contributed by atoms with Gasteiger partial charge in [0.25, 0.3) is 5.91 Å². The first-order valence-electron chi connectivity index (χ1n) is 5.47. The molecule has 4 N–H and O–H groups in total. The average Bonchev–Trinajstić information content (AvgIpc) is 2.31. The highest BCUT2D eigenvalue weighted by Crippen LogP contribution is 2.24. The Balaban J connectivity index is 2.79. The monoisotopic (exact) mass is 254 g/mol. The van der Waals surface area contributed by atoms with Crippen LogP contribution >= 0.6 is 11.8 Å². The molecule has 0 saturated carbocycles. The quantitative estimate of drug-likeness (QED) is 0.553. The van der Waals surface area contributed by atoms with Gasteiger partial charge in [0.05, 0.1) is 11.3 Å². The SMILES string of the molecule is CCC(CSC)NC(=O)c1cccc(N)c1O. The van der Waals surface area contributed by atoms with Crippen LogP contribution in [0.2, 0.25) is 0 Å². The second-order valence-corrected chi connectivity index (χ2v) is 4.69. The zero-order valence-corrected chi connectivity index (χ0v) is 10.9. The molecule has 1 unspecified atom stereocenters. The van der Waals surface area contributed by atoms with Gasteiger partial charge in [0.1, 0.15) is 0 Å². The summed E-state index contributed by atoms with van der Waals surface area (Å²) in [4.78, 5) is 11.9. The van der Waals surface area contributed by atoms with Crippen molar-refractivity contribution in [3.63, 3.8) is 0 Å². The number of phenolic OH excluding ortho intramolecular Hbond substituents is 1. The number of thioether (sulfide) groups is 1. The number of aromatic hydroxyl groups is 1. The standard InChI is InChI=1S/C12H18N2O2S/c1-3-8(7-17-2)14-12(16)9-5-4-6-10(13)11(9)15/h4-6,8,15H,3,7,13H2,1-2H3,(H,14,16). The predicted molar refractivity (Wildman–Crippen MR) is 72.4 cm³/mol. The second kappa shape index (κ2) is 6.39. The van der Waals surface area contributed by atoms with E-state index in [4.69, 9.17) is 5.73 Å². The number of hydrogen-bond acceptors (Lipinski definition) is 4. The van der Waals surface area contributed by atoms with Gasteiger partial charge in [-0.3, -0.25) is 4.79 Å². The smallest absolute Gasteiger partial charge is 0.255 e. The summed E-state index contributed by atoms with van der Waals surface area (Å²) < 4.78 is 0. The van der Waals surface area contributed by atoms with E-state index in [-0.39, 0.29) is 28.9 Å². The molecule has 5 heteroatoms. The fourth-order valence-electron chi connectivity index (χ4n) is 1.47. The first-order valence-corrected chi connectivity index (χ1v) is 6.86. The van der Waals surface area contributed by atoms with Crippen molar-refractivity contribution in [2.24, 2.45) is 0 Å². The average molecular weight is 254 g/mol. The van der Waals surface area contributed by atoms with Gasteiger partial charge in [0.2, 0.25) is 0 Å². The molecular formula is C12H18N2O2S. The molecule has 0 aliphatic heterocycles. The van der Waals surface area contributed by atoms with Gasteiger partial charge in [-0.1, -0.05) is 13.0 Å². The summed E-state index contributed by atoms with van der Waals surface area (Å²) in [6, 6.07) is 4.88. The topological polar surface area (TPSA) is 75.4 Å². The summed E-state index contributed by atoms with van der Waals surface area (Å²) >= 11 is 1.68. The Morgan fingerprint density at radius 2 is 2.29 bits per heavy atom. The molecular weight excluding hydrogens is 236 g/mol. The number of nitrogens with one attached hydrogen (secondary N) is 1. The molecule has 1 atom stereocenters. The Labute approximate surface area is 106 Å². The van der Waals surface area contributed by atoms with E-state index in [9.17, 15) is 9.90 Å². The number of hydrogen-bond donors (Lipinski definition) is 3. The lowest BCUT2D eigenvalue weighted by atomic mass is 10.1. The maximum atomic E-state index is 11.9. The van der Waals surface area contributed by atoms with Crippen LogP contribution < -0.4 is 11.1 Å². The molecule has 1 amide bonds. The zero-order chi connectivity index (χ0) is 12.8. The first-order chi connectivity index (χ1) is 8.10. The van der Waals surface area contributed by atoms with Gasteiger partial charge >= 0.3 is 0 Å². The van der Waals surface area contributed by atoms with Crippen LogP contribution in [0.5, 0.6) is 5.75 Å². The van der Waals surface area contributed by atoms with Gasteiger partial charge in [-0.05, 0) is 24.8 Å². The molecule has 17 heavy (non-hydrogen) atoms. The molecule has 0 aromatic heterocycles. The van der Waals surface area contributed by atoms with Crippen LogP contribution in [0.15, 0.2) is 18.2 Å². The minimum absolute atomic E-state index is 0.110. The molecule has 0 aliphatic rings. The van der Waals surface area contributed by atoms with Gasteiger partial charge < -0.3 is 16.2 Å². The third-order valence-corrected chi connectivity index (χ3v) is 3.24. The lowest BCUT2D eigenvalue weighted by Gasteiger charge is -2.16. The summed E-state index contributed by atoms with van der Waals surface area (Å²) in [7, 11) is 0. The van der Waals surface area contributed by atoms with Crippen molar-refractivity contribution in [1.29, 1.82) is 0 Å². The van der Waals surface area contributed by atoms with Crippen LogP contribution in [0.25, 0.3) is 0 Å². The molecule has 0 fully saturated rings. The van der Waals surface area contributed by atoms with E-state index in [1.807, 2.05) is 13.2 Å². The summed E-state index contributed by atoms with van der Waals surface area (Å²) in [6.45, 7) is 2.01. The number of rotatable bonds is 5. The molecule has 0 radical (unpaired) electrons. The van der Waals surface area contributed by atoms with Gasteiger partial charge in [-0.25, -0.2) is 0 Å². The maximum Gasteiger partial charge on any atom is 0.255 e. The van der Waals surface area contributed by atoms with E-state index in [0.29, 0.717) is 0 Å². The first kappa shape index (κ1) is 13.7. The Morgan fingerprint density at radius 3 is 2.88 bits per heavy atom. The molecule has 1 rings (SSSR count). The van der Waals surface area contributed by atoms with E-state index in [1.165, 1.54) is 0 Å². The van der Waals surface area contributed by atoms with Gasteiger partial charge in [-0.15, -0.1) is 0 Å². The highest BCUT2D eigenvalue weighted by atomic mass is 32.2. The number of nitrogen functional groups attached to an aromatic ring is 1. The van der Waals surface area contributed by atoms with E-state index < -0.39 is 0 Å². The summed E-state index contributed by atoms with van der Waals surface area (Å²) in [5, 5.41) is 12.6. The number of para-hydroxylation sites is 1. The second-order valence-electron chi connectivity index (χ2n) is 3.78. The third kappa shape index (κ3) is 3.56. The largest absolute Gasteiger partial charge is 0.505 e. The molecule has 4 nitrogen and oxygen atoms in total. The molecule has 0 aliphatic carbocycles. The predicted octanol–water partition coefficient (Wildman–Crippen LogP) is 1.85. The summed E-state index contributed by atoms with van der Waals surface area (Å²) in [5.74, 6) is 0.422. The van der Waals surface area contributed by atoms with Crippen LogP contribution in [0.4, 0.5) is 5.69 Å². The fourth-order valence-corrected chi connectivity index (χ4v) is 2.19. The fraction of sp³-hybridized carbons (Fsp3) is 0.417. The number of nitrogens with two attached hydrogens (primary N) is 1. The molecule has 0 heterocycles. The van der Waals surface area contributed by atoms with Crippen LogP contribution in [0, 0.1) is 0 Å². The Morgan fingerprint density at radius 1 is 1.59 bits per heavy atom. The molecule has 1 aromatic rings. The van der Waals surface area contributed by atoms with E-state index in [1.54, 1.807) is 30.0 Å². The lowest BCUT2D eigenvalue weighted by Crippen LogP contribution is -2.36. The minimum Gasteiger partial charge on any atom is -0.505 e. The van der Waals surface area contributed by atoms with Crippen LogP contribution in [0.3, 0.4) is 0 Å². The number of phenols is 1. The molecule has 1 aromatic carbocycles. The highest BCUT2D eigenvalue weighted by Gasteiger charge is 2.16. The highest BCUT2D eigenvalue weighted by molar-refractivity contribution is 7.98. The Kier molecular flexibility index (Phi) is 5.15. The number of anilines is 1. The number of benzene rings is 1. The zero-order valence-electron chi connectivity index (χ0n) is 10.1. The van der Waals surface area contributed by atoms with Crippen molar-refractivity contribution in [2.75, 3.05) is 17.7 Å². The number of amides is 1. The molecule has 0 saturated heterocycles. The lowest BCUT2D eigenvalue weighted by molar-refractivity contribution is 0.0937. The molecule has 0 spiro atoms.